The number of hydrogen-bond donors (Lipinski definition) is 2. The van der Waals surface area contributed by atoms with Crippen molar-refractivity contribution in [3.05, 3.63) is 59.9 Å². The van der Waals surface area contributed by atoms with E-state index >= 15 is 0 Å². The summed E-state index contributed by atoms with van der Waals surface area (Å²) in [7, 11) is -2.53. The first-order chi connectivity index (χ1) is 14.2. The van der Waals surface area contributed by atoms with Crippen LogP contribution in [0.25, 0.3) is 10.6 Å². The Hall–Kier alpha value is -2.53. The van der Waals surface area contributed by atoms with Gasteiger partial charge in [0.05, 0.1) is 4.88 Å². The number of nitrogens with zero attached hydrogens (tertiary/aromatic N) is 1. The fraction of sp³-hybridized carbons (Fsp3) is 0.300. The zero-order valence-corrected chi connectivity index (χ0v) is 17.9. The zero-order valence-electron chi connectivity index (χ0n) is 16.3. The molecule has 0 saturated heterocycles. The minimum absolute atomic E-state index is 0.0109. The van der Waals surface area contributed by atoms with E-state index in [1.165, 1.54) is 13.2 Å². The molecule has 30 heavy (non-hydrogen) atoms. The minimum atomic E-state index is -4.07. The largest absolute Gasteiger partial charge is 0.480 e. The molecule has 10 heteroatoms. The van der Waals surface area contributed by atoms with E-state index < -0.39 is 26.9 Å². The quantitative estimate of drug-likeness (QED) is 0.544. The number of rotatable bonds is 8. The molecule has 1 saturated carbocycles. The van der Waals surface area contributed by atoms with Gasteiger partial charge >= 0.3 is 5.97 Å². The predicted octanol–water partition coefficient (Wildman–Crippen LogP) is 3.01. The highest BCUT2D eigenvalue weighted by molar-refractivity contribution is 7.91. The lowest BCUT2D eigenvalue weighted by Crippen LogP contribution is -2.47. The third-order valence-corrected chi connectivity index (χ3v) is 8.56. The van der Waals surface area contributed by atoms with E-state index in [0.29, 0.717) is 16.3 Å². The molecular formula is C20H20N2O6S2. The van der Waals surface area contributed by atoms with Crippen LogP contribution in [0.15, 0.2) is 57.3 Å². The standard InChI is InChI=1S/C20H20N2O6S2/c1-19(13-6-4-3-5-7-13)12-20(19,18(23)24)22-30(25,26)17-9-8-16(29-17)15-10-14(11-27-2)28-21-15/h3-10,22H,11-12H2,1-2H3,(H,23,24)/t19-,20-/m1/s1. The predicted molar refractivity (Wildman–Crippen MR) is 110 cm³/mol. The van der Waals surface area contributed by atoms with Crippen molar-refractivity contribution in [1.29, 1.82) is 0 Å². The smallest absolute Gasteiger partial charge is 0.325 e. The van der Waals surface area contributed by atoms with Crippen LogP contribution < -0.4 is 4.72 Å². The molecule has 2 heterocycles. The summed E-state index contributed by atoms with van der Waals surface area (Å²) in [5, 5.41) is 13.8. The molecule has 2 atom stereocenters. The summed E-state index contributed by atoms with van der Waals surface area (Å²) in [5.41, 5.74) is -1.18. The normalized spacial score (nSPS) is 23.4. The summed E-state index contributed by atoms with van der Waals surface area (Å²) < 4.78 is 38.7. The molecule has 158 valence electrons. The van der Waals surface area contributed by atoms with Crippen molar-refractivity contribution in [1.82, 2.24) is 9.88 Å². The maximum Gasteiger partial charge on any atom is 0.325 e. The van der Waals surface area contributed by atoms with Gasteiger partial charge in [-0.1, -0.05) is 42.4 Å². The van der Waals surface area contributed by atoms with Crippen LogP contribution >= 0.6 is 11.3 Å². The number of aliphatic carboxylic acids is 1. The van der Waals surface area contributed by atoms with E-state index in [0.717, 1.165) is 16.9 Å². The summed E-state index contributed by atoms with van der Waals surface area (Å²) in [4.78, 5) is 12.7. The van der Waals surface area contributed by atoms with Crippen molar-refractivity contribution in [2.24, 2.45) is 0 Å². The number of nitrogens with one attached hydrogen (secondary N) is 1. The number of aromatic nitrogens is 1. The van der Waals surface area contributed by atoms with Gasteiger partial charge in [0.1, 0.15) is 22.0 Å². The highest BCUT2D eigenvalue weighted by Gasteiger charge is 2.72. The van der Waals surface area contributed by atoms with Crippen LogP contribution in [0, 0.1) is 0 Å². The van der Waals surface area contributed by atoms with Crippen molar-refractivity contribution in [3.63, 3.8) is 0 Å². The van der Waals surface area contributed by atoms with Crippen molar-refractivity contribution in [3.8, 4) is 10.6 Å². The second-order valence-corrected chi connectivity index (χ2v) is 10.4. The maximum atomic E-state index is 13.0. The van der Waals surface area contributed by atoms with Gasteiger partial charge in [0.15, 0.2) is 5.76 Å². The first-order valence-corrected chi connectivity index (χ1v) is 11.4. The van der Waals surface area contributed by atoms with Gasteiger partial charge in [0.2, 0.25) is 0 Å². The van der Waals surface area contributed by atoms with Gasteiger partial charge in [-0.25, -0.2) is 8.42 Å². The fourth-order valence-corrected chi connectivity index (χ4v) is 6.38. The van der Waals surface area contributed by atoms with Crippen molar-refractivity contribution in [2.75, 3.05) is 7.11 Å². The molecule has 4 rings (SSSR count). The number of sulfonamides is 1. The minimum Gasteiger partial charge on any atom is -0.480 e. The molecule has 3 aromatic rings. The summed E-state index contributed by atoms with van der Waals surface area (Å²) in [6.07, 6.45) is 0.167. The molecule has 1 aromatic carbocycles. The summed E-state index contributed by atoms with van der Waals surface area (Å²) in [6, 6.07) is 13.8. The molecule has 0 spiro atoms. The first kappa shape index (κ1) is 20.7. The van der Waals surface area contributed by atoms with Gasteiger partial charge in [-0.2, -0.15) is 4.72 Å². The first-order valence-electron chi connectivity index (χ1n) is 9.09. The molecule has 0 bridgehead atoms. The van der Waals surface area contributed by atoms with E-state index in [4.69, 9.17) is 9.26 Å². The summed E-state index contributed by atoms with van der Waals surface area (Å²) >= 11 is 0.994. The third kappa shape index (κ3) is 3.35. The SMILES string of the molecule is COCc1cc(-c2ccc(S(=O)(=O)N[C@@]3(C(=O)O)C[C@]3(C)c3ccccc3)s2)no1. The van der Waals surface area contributed by atoms with Crippen molar-refractivity contribution < 1.29 is 27.6 Å². The molecule has 0 amide bonds. The van der Waals surface area contributed by atoms with E-state index in [1.54, 1.807) is 31.2 Å². The molecule has 0 radical (unpaired) electrons. The van der Waals surface area contributed by atoms with Crippen LogP contribution in [0.3, 0.4) is 0 Å². The molecule has 1 fully saturated rings. The van der Waals surface area contributed by atoms with E-state index in [9.17, 15) is 18.3 Å². The van der Waals surface area contributed by atoms with Gasteiger partial charge in [-0.3, -0.25) is 4.79 Å². The lowest BCUT2D eigenvalue weighted by Gasteiger charge is -2.20. The van der Waals surface area contributed by atoms with Crippen LogP contribution in [-0.2, 0) is 31.6 Å². The van der Waals surface area contributed by atoms with E-state index in [1.807, 2.05) is 18.2 Å². The number of ether oxygens (including phenoxy) is 1. The number of benzene rings is 1. The Labute approximate surface area is 177 Å². The lowest BCUT2D eigenvalue weighted by molar-refractivity contribution is -0.140. The van der Waals surface area contributed by atoms with Gasteiger partial charge in [0, 0.05) is 18.6 Å². The second-order valence-electron chi connectivity index (χ2n) is 7.42. The van der Waals surface area contributed by atoms with E-state index in [-0.39, 0.29) is 17.2 Å². The lowest BCUT2D eigenvalue weighted by atomic mass is 9.93. The summed E-state index contributed by atoms with van der Waals surface area (Å²) in [5.74, 6) is -0.681. The molecule has 1 aliphatic rings. The Morgan fingerprint density at radius 1 is 1.30 bits per heavy atom. The van der Waals surface area contributed by atoms with Crippen molar-refractivity contribution >= 4 is 27.3 Å². The molecule has 1 aliphatic carbocycles. The molecule has 2 N–H and O–H groups in total. The van der Waals surface area contributed by atoms with E-state index in [2.05, 4.69) is 9.88 Å². The third-order valence-electron chi connectivity index (χ3n) is 5.46. The monoisotopic (exact) mass is 448 g/mol. The average molecular weight is 449 g/mol. The highest BCUT2D eigenvalue weighted by atomic mass is 32.2. The Morgan fingerprint density at radius 2 is 2.03 bits per heavy atom. The van der Waals surface area contributed by atoms with Crippen molar-refractivity contribution in [2.45, 2.75) is 35.1 Å². The molecule has 0 aliphatic heterocycles. The molecular weight excluding hydrogens is 428 g/mol. The van der Waals surface area contributed by atoms with Crippen LogP contribution in [0.2, 0.25) is 0 Å². The number of hydrogen-bond acceptors (Lipinski definition) is 7. The van der Waals surface area contributed by atoms with Gasteiger partial charge < -0.3 is 14.4 Å². The van der Waals surface area contributed by atoms with Crippen LogP contribution in [0.4, 0.5) is 0 Å². The molecule has 8 nitrogen and oxygen atoms in total. The number of carboxylic acids is 1. The van der Waals surface area contributed by atoms with Gasteiger partial charge in [0.25, 0.3) is 10.0 Å². The molecule has 2 aromatic heterocycles. The Bertz CT molecular complexity index is 1190. The fourth-order valence-electron chi connectivity index (χ4n) is 3.67. The van der Waals surface area contributed by atoms with Crippen LogP contribution in [0.1, 0.15) is 24.7 Å². The Morgan fingerprint density at radius 3 is 2.70 bits per heavy atom. The molecule has 0 unspecified atom stereocenters. The van der Waals surface area contributed by atoms with Gasteiger partial charge in [-0.05, 0) is 24.1 Å². The average Bonchev–Trinajstić information content (AvgIpc) is 3.11. The van der Waals surface area contributed by atoms with Gasteiger partial charge in [-0.15, -0.1) is 11.3 Å². The zero-order chi connectivity index (χ0) is 21.6. The second kappa shape index (κ2) is 7.31. The number of methoxy groups -OCH3 is 1. The number of carboxylic acid groups (broad SMARTS) is 1. The Balaban J connectivity index is 1.61. The number of thiophene rings is 1. The topological polar surface area (TPSA) is 119 Å². The highest BCUT2D eigenvalue weighted by Crippen LogP contribution is 2.58. The van der Waals surface area contributed by atoms with Crippen LogP contribution in [0.5, 0.6) is 0 Å². The summed E-state index contributed by atoms with van der Waals surface area (Å²) in [6.45, 7) is 2.01. The maximum absolute atomic E-state index is 13.0. The number of carbonyl (C=O) groups is 1. The van der Waals surface area contributed by atoms with Crippen LogP contribution in [-0.4, -0.2) is 37.3 Å². The Kier molecular flexibility index (Phi) is 5.05.